The number of sulfonamides is 1. The summed E-state index contributed by atoms with van der Waals surface area (Å²) in [7, 11) is -3.86. The van der Waals surface area contributed by atoms with Crippen molar-refractivity contribution < 1.29 is 22.6 Å². The van der Waals surface area contributed by atoms with Crippen LogP contribution in [0.4, 0.5) is 0 Å². The van der Waals surface area contributed by atoms with Crippen molar-refractivity contribution in [2.45, 2.75) is 43.6 Å². The van der Waals surface area contributed by atoms with E-state index >= 15 is 0 Å². The van der Waals surface area contributed by atoms with Gasteiger partial charge in [-0.05, 0) is 12.5 Å². The van der Waals surface area contributed by atoms with E-state index in [0.717, 1.165) is 0 Å². The quantitative estimate of drug-likeness (QED) is 0.673. The number of rotatable bonds is 5. The van der Waals surface area contributed by atoms with Crippen molar-refractivity contribution in [1.29, 1.82) is 0 Å². The molecule has 0 bridgehead atoms. The highest BCUT2D eigenvalue weighted by molar-refractivity contribution is 7.89. The first-order valence-electron chi connectivity index (χ1n) is 8.67. The summed E-state index contributed by atoms with van der Waals surface area (Å²) in [6.45, 7) is 3.73. The maximum Gasteiger partial charge on any atom is 0.260 e. The van der Waals surface area contributed by atoms with Crippen molar-refractivity contribution in [2.75, 3.05) is 13.1 Å². The van der Waals surface area contributed by atoms with E-state index in [2.05, 4.69) is 20.3 Å². The molecule has 0 amide bonds. The minimum absolute atomic E-state index is 0.0249. The van der Waals surface area contributed by atoms with E-state index in [-0.39, 0.29) is 30.3 Å². The molecule has 3 aromatic rings. The topological polar surface area (TPSA) is 135 Å². The smallest absolute Gasteiger partial charge is 0.260 e. The molecule has 0 spiro atoms. The van der Waals surface area contributed by atoms with Crippen LogP contribution in [0.2, 0.25) is 0 Å². The summed E-state index contributed by atoms with van der Waals surface area (Å²) in [4.78, 5) is 8.23. The summed E-state index contributed by atoms with van der Waals surface area (Å²) in [5, 5.41) is 19.1. The number of aliphatic hydroxyl groups is 1. The molecular formula is C16H19N5O5S. The van der Waals surface area contributed by atoms with Crippen LogP contribution < -0.4 is 0 Å². The maximum absolute atomic E-state index is 13.0. The normalized spacial score (nSPS) is 21.3. The Labute approximate surface area is 155 Å². The number of aryl methyl sites for hydroxylation is 2. The second kappa shape index (κ2) is 6.36. The summed E-state index contributed by atoms with van der Waals surface area (Å²) in [5.41, 5.74) is -0.566. The van der Waals surface area contributed by atoms with Gasteiger partial charge >= 0.3 is 0 Å². The molecule has 0 aliphatic carbocycles. The number of nitrogens with zero attached hydrogens (tertiary/aromatic N) is 5. The molecule has 0 aromatic carbocycles. The van der Waals surface area contributed by atoms with Gasteiger partial charge in [0.05, 0.1) is 23.8 Å². The lowest BCUT2D eigenvalue weighted by atomic mass is 10.0. The van der Waals surface area contributed by atoms with Gasteiger partial charge in [-0.2, -0.15) is 9.29 Å². The third kappa shape index (κ3) is 2.91. The van der Waals surface area contributed by atoms with Gasteiger partial charge in [0, 0.05) is 19.4 Å². The predicted octanol–water partition coefficient (Wildman–Crippen LogP) is 1.01. The lowest BCUT2D eigenvalue weighted by molar-refractivity contribution is 0.0194. The fourth-order valence-electron chi connectivity index (χ4n) is 3.13. The summed E-state index contributed by atoms with van der Waals surface area (Å²) >= 11 is 0. The zero-order valence-corrected chi connectivity index (χ0v) is 15.7. The minimum Gasteiger partial charge on any atom is -0.379 e. The fourth-order valence-corrected chi connectivity index (χ4v) is 4.60. The van der Waals surface area contributed by atoms with Crippen molar-refractivity contribution in [2.24, 2.45) is 0 Å². The highest BCUT2D eigenvalue weighted by atomic mass is 32.2. The average molecular weight is 393 g/mol. The van der Waals surface area contributed by atoms with Crippen LogP contribution in [0, 0.1) is 0 Å². The predicted molar refractivity (Wildman–Crippen MR) is 92.1 cm³/mol. The van der Waals surface area contributed by atoms with Gasteiger partial charge in [0.1, 0.15) is 4.90 Å². The second-order valence-electron chi connectivity index (χ2n) is 6.50. The van der Waals surface area contributed by atoms with Crippen molar-refractivity contribution in [3.8, 4) is 0 Å². The third-order valence-electron chi connectivity index (χ3n) is 4.75. The zero-order chi connectivity index (χ0) is 19.2. The van der Waals surface area contributed by atoms with Gasteiger partial charge in [0.15, 0.2) is 11.4 Å². The first-order chi connectivity index (χ1) is 12.9. The van der Waals surface area contributed by atoms with Gasteiger partial charge in [-0.3, -0.25) is 0 Å². The molecule has 10 nitrogen and oxygen atoms in total. The Hall–Kier alpha value is -2.37. The summed E-state index contributed by atoms with van der Waals surface area (Å²) in [6, 6.07) is 1.51. The Morgan fingerprint density at radius 1 is 1.26 bits per heavy atom. The molecule has 3 aromatic heterocycles. The number of aromatic nitrogens is 4. The van der Waals surface area contributed by atoms with E-state index in [1.54, 1.807) is 0 Å². The van der Waals surface area contributed by atoms with Crippen LogP contribution in [-0.2, 0) is 28.5 Å². The number of β-amino-alcohol motifs (C(OH)–C–C–N with tert-alkyl or cyclic N) is 1. The Balaban J connectivity index is 1.65. The van der Waals surface area contributed by atoms with Crippen molar-refractivity contribution in [3.63, 3.8) is 0 Å². The molecule has 1 aliphatic rings. The monoisotopic (exact) mass is 393 g/mol. The number of fused-ring (bicyclic) bond motifs is 1. The zero-order valence-electron chi connectivity index (χ0n) is 14.9. The minimum atomic E-state index is -3.86. The summed E-state index contributed by atoms with van der Waals surface area (Å²) in [5.74, 6) is 0.506. The molecule has 4 heterocycles. The molecular weight excluding hydrogens is 374 g/mol. The van der Waals surface area contributed by atoms with E-state index < -0.39 is 15.6 Å². The van der Waals surface area contributed by atoms with Crippen LogP contribution in [0.15, 0.2) is 26.2 Å². The molecule has 11 heteroatoms. The van der Waals surface area contributed by atoms with Gasteiger partial charge in [-0.15, -0.1) is 0 Å². The van der Waals surface area contributed by atoms with E-state index in [9.17, 15) is 13.5 Å². The molecule has 1 atom stereocenters. The van der Waals surface area contributed by atoms with E-state index in [1.165, 1.54) is 16.6 Å². The Morgan fingerprint density at radius 3 is 2.78 bits per heavy atom. The Morgan fingerprint density at radius 2 is 2.07 bits per heavy atom. The van der Waals surface area contributed by atoms with Crippen molar-refractivity contribution in [1.82, 2.24) is 24.6 Å². The van der Waals surface area contributed by atoms with Crippen LogP contribution in [0.25, 0.3) is 11.1 Å². The molecule has 1 aliphatic heterocycles. The first kappa shape index (κ1) is 18.0. The van der Waals surface area contributed by atoms with E-state index in [1.807, 2.05) is 13.8 Å². The van der Waals surface area contributed by atoms with Crippen LogP contribution in [0.5, 0.6) is 0 Å². The molecule has 144 valence electrons. The second-order valence-corrected chi connectivity index (χ2v) is 8.43. The van der Waals surface area contributed by atoms with Gasteiger partial charge in [-0.1, -0.05) is 24.2 Å². The molecule has 0 saturated carbocycles. The van der Waals surface area contributed by atoms with Crippen molar-refractivity contribution >= 4 is 21.1 Å². The molecule has 0 radical (unpaired) electrons. The van der Waals surface area contributed by atoms with Gasteiger partial charge in [0.25, 0.3) is 11.6 Å². The molecule has 0 unspecified atom stereocenters. The molecule has 4 rings (SSSR count). The fraction of sp³-hybridized carbons (Fsp3) is 0.500. The Kier molecular flexibility index (Phi) is 4.24. The largest absolute Gasteiger partial charge is 0.379 e. The van der Waals surface area contributed by atoms with Crippen LogP contribution in [0.1, 0.15) is 37.7 Å². The first-order valence-corrected chi connectivity index (χ1v) is 10.1. The SMILES string of the molecule is CCc1noc([C@]2(O)CCN(S(=O)(=O)c3cnc4onc(CC)c4c3)C2)n1. The molecule has 1 fully saturated rings. The molecule has 1 saturated heterocycles. The summed E-state index contributed by atoms with van der Waals surface area (Å²) in [6.07, 6.45) is 2.56. The third-order valence-corrected chi connectivity index (χ3v) is 6.56. The van der Waals surface area contributed by atoms with Crippen LogP contribution in [-0.4, -0.2) is 51.2 Å². The Bertz CT molecular complexity index is 1090. The van der Waals surface area contributed by atoms with Crippen LogP contribution >= 0.6 is 0 Å². The lowest BCUT2D eigenvalue weighted by Gasteiger charge is -2.19. The standard InChI is InChI=1S/C16H19N5O5S/c1-3-12-11-7-10(8-17-14(11)25-19-12)27(23,24)21-6-5-16(22,9-21)15-18-13(4-2)20-26-15/h7-8,22H,3-6,9H2,1-2H3/t16-/m0/s1. The number of pyridine rings is 1. The van der Waals surface area contributed by atoms with E-state index in [0.29, 0.717) is 35.5 Å². The maximum atomic E-state index is 13.0. The molecule has 1 N–H and O–H groups in total. The van der Waals surface area contributed by atoms with Gasteiger partial charge in [0.2, 0.25) is 10.0 Å². The van der Waals surface area contributed by atoms with Crippen molar-refractivity contribution in [3.05, 3.63) is 29.7 Å². The van der Waals surface area contributed by atoms with Gasteiger partial charge < -0.3 is 14.2 Å². The summed E-state index contributed by atoms with van der Waals surface area (Å²) < 4.78 is 37.5. The highest BCUT2D eigenvalue weighted by Crippen LogP contribution is 2.34. The number of hydrogen-bond acceptors (Lipinski definition) is 9. The molecule has 27 heavy (non-hydrogen) atoms. The number of hydrogen-bond donors (Lipinski definition) is 1. The lowest BCUT2D eigenvalue weighted by Crippen LogP contribution is -2.34. The highest BCUT2D eigenvalue weighted by Gasteiger charge is 2.46. The van der Waals surface area contributed by atoms with Crippen LogP contribution in [0.3, 0.4) is 0 Å². The average Bonchev–Trinajstić information content (AvgIpc) is 3.39. The van der Waals surface area contributed by atoms with E-state index in [4.69, 9.17) is 9.05 Å². The van der Waals surface area contributed by atoms with Gasteiger partial charge in [-0.25, -0.2) is 13.4 Å².